The molecular formula is C19H38N2O5S. The summed E-state index contributed by atoms with van der Waals surface area (Å²) in [6, 6.07) is 0. The Labute approximate surface area is 170 Å². The Kier molecular flexibility index (Phi) is 14.5. The lowest BCUT2D eigenvalue weighted by atomic mass is 10.1. The highest BCUT2D eigenvalue weighted by atomic mass is 32.1. The number of carbonyl (C=O) groups is 3. The number of imide groups is 1. The minimum Gasteiger partial charge on any atom is -0.396 e. The monoisotopic (exact) mass is 406 g/mol. The van der Waals surface area contributed by atoms with Crippen LogP contribution >= 0.6 is 13.5 Å². The third kappa shape index (κ3) is 12.8. The second-order valence-corrected chi connectivity index (χ2v) is 7.74. The van der Waals surface area contributed by atoms with Gasteiger partial charge in [0, 0.05) is 39.0 Å². The quantitative estimate of drug-likeness (QED) is 0.450. The van der Waals surface area contributed by atoms with Crippen LogP contribution in [-0.2, 0) is 19.1 Å². The summed E-state index contributed by atoms with van der Waals surface area (Å²) in [7, 11) is 0. The number of likely N-dealkylation sites (tertiary alicyclic amines) is 1. The van der Waals surface area contributed by atoms with Crippen LogP contribution in [0.4, 0.5) is 0 Å². The number of ether oxygens (including phenoxy) is 1. The molecule has 27 heavy (non-hydrogen) atoms. The Morgan fingerprint density at radius 3 is 2.37 bits per heavy atom. The number of carbonyl (C=O) groups excluding carboxylic acids is 3. The van der Waals surface area contributed by atoms with Crippen LogP contribution in [-0.4, -0.2) is 59.6 Å². The number of aliphatic hydroxyl groups excluding tert-OH is 1. The molecule has 0 aromatic heterocycles. The fourth-order valence-corrected chi connectivity index (χ4v) is 2.37. The topological polar surface area (TPSA) is 95.9 Å². The lowest BCUT2D eigenvalue weighted by molar-refractivity contribution is -0.139. The molecule has 7 nitrogen and oxygen atoms in total. The Bertz CT molecular complexity index is 469. The lowest BCUT2D eigenvalue weighted by Crippen LogP contribution is -2.31. The summed E-state index contributed by atoms with van der Waals surface area (Å²) in [5.41, 5.74) is -0.312. The Morgan fingerprint density at radius 1 is 1.37 bits per heavy atom. The summed E-state index contributed by atoms with van der Waals surface area (Å²) < 4.78 is 5.45. The fraction of sp³-hybridized carbons (Fsp3) is 0.842. The number of nitrogens with zero attached hydrogens (tertiary/aromatic N) is 1. The molecule has 0 aliphatic carbocycles. The molecule has 1 unspecified atom stereocenters. The van der Waals surface area contributed by atoms with Crippen molar-refractivity contribution in [1.82, 2.24) is 10.2 Å². The second kappa shape index (κ2) is 14.0. The van der Waals surface area contributed by atoms with Gasteiger partial charge in [0.15, 0.2) is 0 Å². The van der Waals surface area contributed by atoms with E-state index in [1.165, 1.54) is 11.8 Å². The van der Waals surface area contributed by atoms with Crippen molar-refractivity contribution in [3.8, 4) is 0 Å². The summed E-state index contributed by atoms with van der Waals surface area (Å²) in [5.74, 6) is 0.392. The van der Waals surface area contributed by atoms with Gasteiger partial charge in [0.2, 0.25) is 17.7 Å². The van der Waals surface area contributed by atoms with Gasteiger partial charge in [0.1, 0.15) is 0 Å². The number of hydrogen-bond acceptors (Lipinski definition) is 5. The zero-order chi connectivity index (χ0) is 20.3. The van der Waals surface area contributed by atoms with Crippen LogP contribution < -0.4 is 5.32 Å². The summed E-state index contributed by atoms with van der Waals surface area (Å²) in [5, 5.41) is 11.3. The molecule has 8 heteroatoms. The van der Waals surface area contributed by atoms with Crippen molar-refractivity contribution in [3.05, 3.63) is 0 Å². The normalized spacial score (nSPS) is 16.7. The molecule has 0 radical (unpaired) electrons. The van der Waals surface area contributed by atoms with E-state index in [2.05, 4.69) is 19.2 Å². The largest absolute Gasteiger partial charge is 0.396 e. The van der Waals surface area contributed by atoms with Crippen LogP contribution in [0.3, 0.4) is 0 Å². The van der Waals surface area contributed by atoms with E-state index in [-0.39, 0.29) is 49.3 Å². The second-order valence-electron chi connectivity index (χ2n) is 7.74. The summed E-state index contributed by atoms with van der Waals surface area (Å²) >= 11 is 0. The minimum atomic E-state index is -0.312. The van der Waals surface area contributed by atoms with Crippen molar-refractivity contribution in [3.63, 3.8) is 0 Å². The van der Waals surface area contributed by atoms with Crippen LogP contribution in [0.5, 0.6) is 0 Å². The molecule has 1 saturated heterocycles. The van der Waals surface area contributed by atoms with Gasteiger partial charge in [0.05, 0.1) is 12.2 Å². The first-order valence-corrected chi connectivity index (χ1v) is 9.33. The Balaban J connectivity index is 0. The molecule has 0 aromatic carbocycles. The average Bonchev–Trinajstić information content (AvgIpc) is 2.75. The van der Waals surface area contributed by atoms with Crippen LogP contribution in [0, 0.1) is 11.8 Å². The SMILES string of the molecule is CC(=O)NCCOC(C)(C)CCO.CC(C)CCN1C(=O)CC(C)C1=O.S. The summed E-state index contributed by atoms with van der Waals surface area (Å²) in [6.45, 7) is 13.0. The maximum atomic E-state index is 11.4. The predicted octanol–water partition coefficient (Wildman–Crippen LogP) is 1.84. The molecule has 0 bridgehead atoms. The van der Waals surface area contributed by atoms with Crippen molar-refractivity contribution in [2.45, 2.75) is 66.4 Å². The van der Waals surface area contributed by atoms with Crippen LogP contribution in [0.25, 0.3) is 0 Å². The minimum absolute atomic E-state index is 0. The van der Waals surface area contributed by atoms with E-state index in [9.17, 15) is 14.4 Å². The van der Waals surface area contributed by atoms with E-state index in [4.69, 9.17) is 9.84 Å². The highest BCUT2D eigenvalue weighted by Gasteiger charge is 2.34. The molecule has 2 N–H and O–H groups in total. The van der Waals surface area contributed by atoms with Gasteiger partial charge in [-0.2, -0.15) is 13.5 Å². The molecule has 1 aliphatic rings. The van der Waals surface area contributed by atoms with E-state index >= 15 is 0 Å². The number of hydrogen-bond donors (Lipinski definition) is 2. The van der Waals surface area contributed by atoms with Crippen molar-refractivity contribution in [2.24, 2.45) is 11.8 Å². The van der Waals surface area contributed by atoms with Crippen molar-refractivity contribution < 1.29 is 24.2 Å². The molecule has 1 aliphatic heterocycles. The predicted molar refractivity (Wildman–Crippen MR) is 111 cm³/mol. The first kappa shape index (κ1) is 28.1. The Morgan fingerprint density at radius 2 is 1.96 bits per heavy atom. The molecule has 1 heterocycles. The van der Waals surface area contributed by atoms with Gasteiger partial charge >= 0.3 is 0 Å². The molecule has 0 spiro atoms. The van der Waals surface area contributed by atoms with E-state index in [1.54, 1.807) is 0 Å². The number of amides is 3. The van der Waals surface area contributed by atoms with Crippen LogP contribution in [0.1, 0.15) is 60.8 Å². The van der Waals surface area contributed by atoms with E-state index in [1.807, 2.05) is 20.8 Å². The first-order valence-electron chi connectivity index (χ1n) is 9.33. The highest BCUT2D eigenvalue weighted by molar-refractivity contribution is 7.59. The molecule has 1 atom stereocenters. The average molecular weight is 407 g/mol. The third-order valence-electron chi connectivity index (χ3n) is 4.08. The maximum Gasteiger partial charge on any atom is 0.232 e. The lowest BCUT2D eigenvalue weighted by Gasteiger charge is -2.24. The van der Waals surface area contributed by atoms with Crippen LogP contribution in [0.2, 0.25) is 0 Å². The third-order valence-corrected chi connectivity index (χ3v) is 4.08. The van der Waals surface area contributed by atoms with Gasteiger partial charge < -0.3 is 15.2 Å². The molecule has 0 saturated carbocycles. The number of rotatable bonds is 9. The fourth-order valence-electron chi connectivity index (χ4n) is 2.37. The van der Waals surface area contributed by atoms with Gasteiger partial charge in [-0.1, -0.05) is 20.8 Å². The Hall–Kier alpha value is -1.12. The van der Waals surface area contributed by atoms with Crippen LogP contribution in [0.15, 0.2) is 0 Å². The highest BCUT2D eigenvalue weighted by Crippen LogP contribution is 2.19. The van der Waals surface area contributed by atoms with E-state index in [0.717, 1.165) is 6.42 Å². The number of nitrogens with one attached hydrogen (secondary N) is 1. The standard InChI is InChI=1S/C10H17NO2.C9H19NO3.H2S/c1-7(2)4-5-11-9(12)6-8(3)10(11)13;1-8(12)10-5-7-13-9(2,3)4-6-11;/h7-8H,4-6H2,1-3H3;11H,4-7H2,1-3H3,(H,10,12);1H2. The molecule has 1 rings (SSSR count). The maximum absolute atomic E-state index is 11.4. The van der Waals surface area contributed by atoms with Gasteiger partial charge in [-0.25, -0.2) is 0 Å². The summed E-state index contributed by atoms with van der Waals surface area (Å²) in [6.07, 6.45) is 1.91. The van der Waals surface area contributed by atoms with Crippen molar-refractivity contribution >= 4 is 31.2 Å². The van der Waals surface area contributed by atoms with E-state index < -0.39 is 0 Å². The zero-order valence-electron chi connectivity index (χ0n) is 17.6. The molecule has 1 fully saturated rings. The van der Waals surface area contributed by atoms with Gasteiger partial charge in [-0.15, -0.1) is 0 Å². The molecule has 3 amide bonds. The summed E-state index contributed by atoms with van der Waals surface area (Å²) in [4.78, 5) is 34.6. The number of aliphatic hydroxyl groups is 1. The molecular weight excluding hydrogens is 368 g/mol. The first-order chi connectivity index (χ1) is 12.0. The van der Waals surface area contributed by atoms with E-state index in [0.29, 0.717) is 38.5 Å². The van der Waals surface area contributed by atoms with Crippen molar-refractivity contribution in [2.75, 3.05) is 26.3 Å². The zero-order valence-corrected chi connectivity index (χ0v) is 18.6. The van der Waals surface area contributed by atoms with Gasteiger partial charge in [-0.3, -0.25) is 19.3 Å². The molecule has 160 valence electrons. The van der Waals surface area contributed by atoms with Crippen molar-refractivity contribution in [1.29, 1.82) is 0 Å². The van der Waals surface area contributed by atoms with Gasteiger partial charge in [-0.05, 0) is 32.6 Å². The smallest absolute Gasteiger partial charge is 0.232 e. The van der Waals surface area contributed by atoms with Gasteiger partial charge in [0.25, 0.3) is 0 Å². The molecule has 0 aromatic rings.